The van der Waals surface area contributed by atoms with Crippen molar-refractivity contribution < 1.29 is 0 Å². The number of piperidine rings is 1. The van der Waals surface area contributed by atoms with Gasteiger partial charge in [-0.15, -0.1) is 0 Å². The number of hydrogen-bond acceptors (Lipinski definition) is 4. The van der Waals surface area contributed by atoms with Gasteiger partial charge in [-0.2, -0.15) is 10.2 Å². The van der Waals surface area contributed by atoms with Crippen LogP contribution >= 0.6 is 0 Å². The molecular weight excluding hydrogens is 288 g/mol. The highest BCUT2D eigenvalue weighted by Gasteiger charge is 2.17. The summed E-state index contributed by atoms with van der Waals surface area (Å²) in [5, 5.41) is 16.6. The zero-order valence-corrected chi connectivity index (χ0v) is 13.6. The van der Waals surface area contributed by atoms with Crippen LogP contribution in [0.15, 0.2) is 30.6 Å². The van der Waals surface area contributed by atoms with E-state index in [9.17, 15) is 0 Å². The molecule has 0 aliphatic carbocycles. The second kappa shape index (κ2) is 5.70. The molecule has 0 atom stereocenters. The van der Waals surface area contributed by atoms with Gasteiger partial charge in [-0.25, -0.2) is 0 Å². The van der Waals surface area contributed by atoms with Gasteiger partial charge >= 0.3 is 0 Å². The smallest absolute Gasteiger partial charge is 0.103 e. The van der Waals surface area contributed by atoms with Crippen LogP contribution in [0.5, 0.6) is 0 Å². The molecule has 1 aromatic carbocycles. The molecule has 3 aromatic rings. The molecule has 6 heteroatoms. The van der Waals surface area contributed by atoms with E-state index in [-0.39, 0.29) is 0 Å². The van der Waals surface area contributed by atoms with E-state index < -0.39 is 0 Å². The maximum Gasteiger partial charge on any atom is 0.103 e. The minimum atomic E-state index is 0.553. The van der Waals surface area contributed by atoms with E-state index in [1.54, 1.807) is 4.68 Å². The molecule has 1 aliphatic rings. The second-order valence-electron chi connectivity index (χ2n) is 6.46. The lowest BCUT2D eigenvalue weighted by molar-refractivity contribution is 0.264. The number of fused-ring (bicyclic) bond motifs is 1. The molecule has 0 amide bonds. The Morgan fingerprint density at radius 3 is 2.78 bits per heavy atom. The fourth-order valence-corrected chi connectivity index (χ4v) is 3.26. The van der Waals surface area contributed by atoms with Gasteiger partial charge in [0.05, 0.1) is 11.7 Å². The van der Waals surface area contributed by atoms with Crippen LogP contribution in [0.3, 0.4) is 0 Å². The lowest BCUT2D eigenvalue weighted by atomic mass is 10.0. The summed E-state index contributed by atoms with van der Waals surface area (Å²) in [6, 6.07) is 6.97. The van der Waals surface area contributed by atoms with Crippen LogP contribution in [0.25, 0.3) is 22.2 Å². The van der Waals surface area contributed by atoms with Crippen molar-refractivity contribution in [3.8, 4) is 11.3 Å². The highest BCUT2D eigenvalue weighted by atomic mass is 15.2. The third-order valence-corrected chi connectivity index (χ3v) is 4.63. The molecule has 23 heavy (non-hydrogen) atoms. The van der Waals surface area contributed by atoms with Crippen molar-refractivity contribution in [3.63, 3.8) is 0 Å². The van der Waals surface area contributed by atoms with E-state index >= 15 is 0 Å². The number of aromatic amines is 1. The summed E-state index contributed by atoms with van der Waals surface area (Å²) in [4.78, 5) is 2.39. The maximum absolute atomic E-state index is 4.46. The maximum atomic E-state index is 4.46. The average Bonchev–Trinajstić information content (AvgIpc) is 3.15. The predicted molar refractivity (Wildman–Crippen MR) is 92.4 cm³/mol. The van der Waals surface area contributed by atoms with Crippen molar-refractivity contribution in [1.82, 2.24) is 24.9 Å². The van der Waals surface area contributed by atoms with Crippen molar-refractivity contribution in [2.45, 2.75) is 18.9 Å². The first-order chi connectivity index (χ1) is 11.2. The zero-order chi connectivity index (χ0) is 15.8. The van der Waals surface area contributed by atoms with Crippen molar-refractivity contribution in [3.05, 3.63) is 30.6 Å². The molecule has 1 saturated heterocycles. The molecule has 2 N–H and O–H groups in total. The lowest BCUT2D eigenvalue weighted by Crippen LogP contribution is -2.36. The molecule has 0 radical (unpaired) electrons. The van der Waals surface area contributed by atoms with Crippen LogP contribution in [-0.4, -0.2) is 51.1 Å². The summed E-state index contributed by atoms with van der Waals surface area (Å²) in [7, 11) is 4.11. The summed E-state index contributed by atoms with van der Waals surface area (Å²) < 4.78 is 1.80. The molecule has 0 spiro atoms. The number of anilines is 1. The van der Waals surface area contributed by atoms with Crippen LogP contribution in [0.2, 0.25) is 0 Å². The highest BCUT2D eigenvalue weighted by molar-refractivity contribution is 5.94. The van der Waals surface area contributed by atoms with Gasteiger partial charge in [0.1, 0.15) is 5.69 Å². The largest absolute Gasteiger partial charge is 0.382 e. The number of nitrogens with zero attached hydrogens (tertiary/aromatic N) is 4. The normalized spacial score (nSPS) is 17.0. The van der Waals surface area contributed by atoms with E-state index in [1.165, 1.54) is 18.5 Å². The van der Waals surface area contributed by atoms with Gasteiger partial charge in [-0.3, -0.25) is 9.78 Å². The summed E-state index contributed by atoms with van der Waals surface area (Å²) >= 11 is 0. The predicted octanol–water partition coefficient (Wildman–Crippen LogP) is 2.47. The minimum absolute atomic E-state index is 0.553. The Morgan fingerprint density at radius 1 is 1.22 bits per heavy atom. The number of benzene rings is 1. The Morgan fingerprint density at radius 2 is 2.04 bits per heavy atom. The van der Waals surface area contributed by atoms with Crippen molar-refractivity contribution >= 4 is 16.6 Å². The molecule has 1 aliphatic heterocycles. The number of rotatable bonds is 3. The van der Waals surface area contributed by atoms with Crippen molar-refractivity contribution in [2.75, 3.05) is 25.5 Å². The van der Waals surface area contributed by atoms with Crippen LogP contribution in [0.4, 0.5) is 5.69 Å². The standard InChI is InChI=1S/C17H22N6/c1-22-7-5-13(6-8-22)19-14-3-4-16-15(9-14)17(21-20-16)12-10-18-23(2)11-12/h3-4,9-11,13,19H,5-8H2,1-2H3,(H,20,21). The fraction of sp³-hybridized carbons (Fsp3) is 0.412. The van der Waals surface area contributed by atoms with Crippen molar-refractivity contribution in [1.29, 1.82) is 0 Å². The first-order valence-electron chi connectivity index (χ1n) is 8.11. The SMILES string of the molecule is CN1CCC(Nc2ccc3[nH]nc(-c4cnn(C)c4)c3c2)CC1. The quantitative estimate of drug-likeness (QED) is 0.780. The zero-order valence-electron chi connectivity index (χ0n) is 13.6. The van der Waals surface area contributed by atoms with Gasteiger partial charge in [0.15, 0.2) is 0 Å². The van der Waals surface area contributed by atoms with Gasteiger partial charge in [0, 0.05) is 35.9 Å². The summed E-state index contributed by atoms with van der Waals surface area (Å²) in [5.74, 6) is 0. The van der Waals surface area contributed by atoms with Gasteiger partial charge in [0.25, 0.3) is 0 Å². The van der Waals surface area contributed by atoms with Crippen LogP contribution in [-0.2, 0) is 7.05 Å². The molecule has 0 unspecified atom stereocenters. The number of likely N-dealkylation sites (tertiary alicyclic amines) is 1. The monoisotopic (exact) mass is 310 g/mol. The van der Waals surface area contributed by atoms with Crippen molar-refractivity contribution in [2.24, 2.45) is 7.05 Å². The van der Waals surface area contributed by atoms with E-state index in [0.29, 0.717) is 6.04 Å². The van der Waals surface area contributed by atoms with Crippen LogP contribution < -0.4 is 5.32 Å². The molecule has 120 valence electrons. The molecular formula is C17H22N6. The molecule has 3 heterocycles. The average molecular weight is 310 g/mol. The number of H-pyrrole nitrogens is 1. The Hall–Kier alpha value is -2.34. The summed E-state index contributed by atoms with van der Waals surface area (Å²) in [6.07, 6.45) is 6.23. The van der Waals surface area contributed by atoms with Crippen LogP contribution in [0, 0.1) is 0 Å². The molecule has 6 nitrogen and oxygen atoms in total. The van der Waals surface area contributed by atoms with E-state index in [4.69, 9.17) is 0 Å². The van der Waals surface area contributed by atoms with Gasteiger partial charge in [0.2, 0.25) is 0 Å². The Bertz CT molecular complexity index is 809. The van der Waals surface area contributed by atoms with Crippen LogP contribution in [0.1, 0.15) is 12.8 Å². The number of aromatic nitrogens is 4. The number of hydrogen-bond donors (Lipinski definition) is 2. The fourth-order valence-electron chi connectivity index (χ4n) is 3.26. The van der Waals surface area contributed by atoms with Gasteiger partial charge < -0.3 is 10.2 Å². The molecule has 0 bridgehead atoms. The summed E-state index contributed by atoms with van der Waals surface area (Å²) in [5.41, 5.74) is 4.21. The van der Waals surface area contributed by atoms with E-state index in [0.717, 1.165) is 35.2 Å². The first-order valence-corrected chi connectivity index (χ1v) is 8.11. The third kappa shape index (κ3) is 2.82. The Labute approximate surface area is 135 Å². The lowest BCUT2D eigenvalue weighted by Gasteiger charge is -2.30. The molecule has 2 aromatic heterocycles. The number of aryl methyl sites for hydroxylation is 1. The minimum Gasteiger partial charge on any atom is -0.382 e. The topological polar surface area (TPSA) is 61.8 Å². The van der Waals surface area contributed by atoms with E-state index in [1.807, 2.05) is 19.4 Å². The van der Waals surface area contributed by atoms with Gasteiger partial charge in [-0.05, 0) is 51.2 Å². The Balaban J connectivity index is 1.62. The molecule has 4 rings (SSSR count). The molecule has 1 fully saturated rings. The third-order valence-electron chi connectivity index (χ3n) is 4.63. The summed E-state index contributed by atoms with van der Waals surface area (Å²) in [6.45, 7) is 2.32. The van der Waals surface area contributed by atoms with E-state index in [2.05, 4.69) is 50.8 Å². The second-order valence-corrected chi connectivity index (χ2v) is 6.46. The first kappa shape index (κ1) is 14.3. The molecule has 0 saturated carbocycles. The highest BCUT2D eigenvalue weighted by Crippen LogP contribution is 2.28. The Kier molecular flexibility index (Phi) is 3.53. The van der Waals surface area contributed by atoms with Gasteiger partial charge in [-0.1, -0.05) is 0 Å². The number of nitrogens with one attached hydrogen (secondary N) is 2.